The Hall–Kier alpha value is -1.58. The van der Waals surface area contributed by atoms with E-state index in [4.69, 9.17) is 9.84 Å². The van der Waals surface area contributed by atoms with Gasteiger partial charge in [-0.1, -0.05) is 6.07 Å². The molecule has 0 saturated carbocycles. The van der Waals surface area contributed by atoms with Gasteiger partial charge in [0.05, 0.1) is 6.42 Å². The third-order valence-electron chi connectivity index (χ3n) is 1.88. The summed E-state index contributed by atoms with van der Waals surface area (Å²) in [6.45, 7) is 3.41. The lowest BCUT2D eigenvalue weighted by Crippen LogP contribution is -2.17. The molecule has 1 rings (SSSR count). The van der Waals surface area contributed by atoms with Gasteiger partial charge in [-0.3, -0.25) is 4.79 Å². The molecule has 0 heterocycles. The van der Waals surface area contributed by atoms with Crippen LogP contribution in [0.25, 0.3) is 0 Å². The summed E-state index contributed by atoms with van der Waals surface area (Å²) < 4.78 is 18.4. The quantitative estimate of drug-likeness (QED) is 0.833. The van der Waals surface area contributed by atoms with E-state index < -0.39 is 17.9 Å². The Morgan fingerprint density at radius 1 is 1.60 bits per heavy atom. The average Bonchev–Trinajstić information content (AvgIpc) is 2.10. The van der Waals surface area contributed by atoms with Gasteiger partial charge < -0.3 is 9.84 Å². The van der Waals surface area contributed by atoms with Crippen molar-refractivity contribution in [3.8, 4) is 5.75 Å². The lowest BCUT2D eigenvalue weighted by atomic mass is 10.2. The highest BCUT2D eigenvalue weighted by Crippen LogP contribution is 2.20. The summed E-state index contributed by atoms with van der Waals surface area (Å²) in [5, 5.41) is 8.51. The number of rotatable bonds is 4. The molecule has 0 radical (unpaired) electrons. The van der Waals surface area contributed by atoms with E-state index in [9.17, 15) is 9.18 Å². The van der Waals surface area contributed by atoms with E-state index in [-0.39, 0.29) is 12.2 Å². The number of halogens is 1. The van der Waals surface area contributed by atoms with Gasteiger partial charge in [0.2, 0.25) is 0 Å². The Bertz CT molecular complexity index is 363. The summed E-state index contributed by atoms with van der Waals surface area (Å²) in [4.78, 5) is 10.4. The van der Waals surface area contributed by atoms with Crippen LogP contribution in [0.2, 0.25) is 0 Å². The number of carbonyl (C=O) groups is 1. The maximum Gasteiger partial charge on any atom is 0.307 e. The van der Waals surface area contributed by atoms with E-state index in [2.05, 4.69) is 0 Å². The highest BCUT2D eigenvalue weighted by molar-refractivity contribution is 5.67. The number of hydrogen-bond acceptors (Lipinski definition) is 2. The number of carboxylic acid groups (broad SMARTS) is 1. The molecule has 15 heavy (non-hydrogen) atoms. The lowest BCUT2D eigenvalue weighted by molar-refractivity contribution is -0.138. The van der Waals surface area contributed by atoms with Crippen LogP contribution in [-0.4, -0.2) is 17.2 Å². The number of aryl methyl sites for hydroxylation is 1. The zero-order valence-electron chi connectivity index (χ0n) is 8.66. The molecule has 0 aliphatic rings. The topological polar surface area (TPSA) is 46.5 Å². The molecular formula is C11H13FO3. The summed E-state index contributed by atoms with van der Waals surface area (Å²) in [6, 6.07) is 4.48. The zero-order chi connectivity index (χ0) is 11.4. The Morgan fingerprint density at radius 3 is 2.87 bits per heavy atom. The molecule has 0 aliphatic heterocycles. The monoisotopic (exact) mass is 212 g/mol. The fraction of sp³-hybridized carbons (Fsp3) is 0.364. The van der Waals surface area contributed by atoms with Crippen molar-refractivity contribution < 1.29 is 19.0 Å². The Morgan fingerprint density at radius 2 is 2.27 bits per heavy atom. The molecule has 0 amide bonds. The third kappa shape index (κ3) is 3.58. The molecule has 0 aromatic heterocycles. The molecule has 4 heteroatoms. The van der Waals surface area contributed by atoms with Crippen LogP contribution < -0.4 is 4.74 Å². The molecule has 1 atom stereocenters. The van der Waals surface area contributed by atoms with Gasteiger partial charge in [-0.2, -0.15) is 0 Å². The number of hydrogen-bond donors (Lipinski definition) is 1. The van der Waals surface area contributed by atoms with E-state index in [1.807, 2.05) is 6.92 Å². The van der Waals surface area contributed by atoms with Crippen molar-refractivity contribution in [1.29, 1.82) is 0 Å². The lowest BCUT2D eigenvalue weighted by Gasteiger charge is -2.13. The molecule has 1 aromatic rings. The van der Waals surface area contributed by atoms with Crippen LogP contribution in [0.5, 0.6) is 5.75 Å². The van der Waals surface area contributed by atoms with Gasteiger partial charge in [0, 0.05) is 0 Å². The van der Waals surface area contributed by atoms with E-state index in [1.165, 1.54) is 6.07 Å². The fourth-order valence-electron chi connectivity index (χ4n) is 1.21. The van der Waals surface area contributed by atoms with Crippen LogP contribution >= 0.6 is 0 Å². The molecule has 82 valence electrons. The Balaban J connectivity index is 2.71. The van der Waals surface area contributed by atoms with Crippen molar-refractivity contribution in [3.05, 3.63) is 29.6 Å². The molecule has 3 nitrogen and oxygen atoms in total. The van der Waals surface area contributed by atoms with E-state index in [1.54, 1.807) is 19.1 Å². The first-order chi connectivity index (χ1) is 6.99. The summed E-state index contributed by atoms with van der Waals surface area (Å²) in [6.07, 6.45) is -0.688. The predicted molar refractivity (Wildman–Crippen MR) is 53.5 cm³/mol. The highest BCUT2D eigenvalue weighted by atomic mass is 19.1. The van der Waals surface area contributed by atoms with Gasteiger partial charge in [-0.05, 0) is 31.5 Å². The third-order valence-corrected chi connectivity index (χ3v) is 1.88. The summed E-state index contributed by atoms with van der Waals surface area (Å²) >= 11 is 0. The van der Waals surface area contributed by atoms with Gasteiger partial charge in [0.25, 0.3) is 0 Å². The van der Waals surface area contributed by atoms with Crippen molar-refractivity contribution in [2.24, 2.45) is 0 Å². The van der Waals surface area contributed by atoms with Crippen molar-refractivity contribution in [1.82, 2.24) is 0 Å². The number of benzene rings is 1. The number of aliphatic carboxylic acids is 1. The normalized spacial score (nSPS) is 12.2. The van der Waals surface area contributed by atoms with E-state index in [0.717, 1.165) is 5.56 Å². The molecule has 0 aliphatic carbocycles. The van der Waals surface area contributed by atoms with Crippen LogP contribution in [0, 0.1) is 12.7 Å². The smallest absolute Gasteiger partial charge is 0.307 e. The minimum absolute atomic E-state index is 0.101. The Kier molecular flexibility index (Phi) is 3.66. The molecule has 0 bridgehead atoms. The number of carboxylic acids is 1. The fourth-order valence-corrected chi connectivity index (χ4v) is 1.21. The van der Waals surface area contributed by atoms with E-state index in [0.29, 0.717) is 0 Å². The molecular weight excluding hydrogens is 199 g/mol. The maximum atomic E-state index is 13.2. The molecule has 1 N–H and O–H groups in total. The summed E-state index contributed by atoms with van der Waals surface area (Å²) in [5.74, 6) is -1.34. The van der Waals surface area contributed by atoms with Crippen LogP contribution in [-0.2, 0) is 4.79 Å². The van der Waals surface area contributed by atoms with Crippen molar-refractivity contribution >= 4 is 5.97 Å². The largest absolute Gasteiger partial charge is 0.487 e. The molecule has 1 aromatic carbocycles. The van der Waals surface area contributed by atoms with Gasteiger partial charge in [0.15, 0.2) is 11.6 Å². The molecule has 0 unspecified atom stereocenters. The van der Waals surface area contributed by atoms with Crippen LogP contribution in [0.3, 0.4) is 0 Å². The highest BCUT2D eigenvalue weighted by Gasteiger charge is 2.11. The van der Waals surface area contributed by atoms with Crippen molar-refractivity contribution in [2.45, 2.75) is 26.4 Å². The van der Waals surface area contributed by atoms with Crippen LogP contribution in [0.4, 0.5) is 4.39 Å². The second-order valence-electron chi connectivity index (χ2n) is 3.46. The SMILES string of the molecule is Cc1ccc(F)c(O[C@H](C)CC(=O)O)c1. The second-order valence-corrected chi connectivity index (χ2v) is 3.46. The Labute approximate surface area is 87.5 Å². The summed E-state index contributed by atoms with van der Waals surface area (Å²) in [7, 11) is 0. The van der Waals surface area contributed by atoms with Crippen molar-refractivity contribution in [2.75, 3.05) is 0 Å². The second kappa shape index (κ2) is 4.77. The average molecular weight is 212 g/mol. The van der Waals surface area contributed by atoms with Gasteiger partial charge in [-0.25, -0.2) is 4.39 Å². The molecule has 0 saturated heterocycles. The summed E-state index contributed by atoms with van der Waals surface area (Å²) in [5.41, 5.74) is 0.869. The van der Waals surface area contributed by atoms with Gasteiger partial charge in [0.1, 0.15) is 6.10 Å². The first-order valence-electron chi connectivity index (χ1n) is 4.63. The molecule has 0 fully saturated rings. The van der Waals surface area contributed by atoms with Crippen molar-refractivity contribution in [3.63, 3.8) is 0 Å². The zero-order valence-corrected chi connectivity index (χ0v) is 8.66. The minimum atomic E-state index is -0.962. The maximum absolute atomic E-state index is 13.2. The first-order valence-corrected chi connectivity index (χ1v) is 4.63. The first kappa shape index (κ1) is 11.5. The van der Waals surface area contributed by atoms with Gasteiger partial charge >= 0.3 is 5.97 Å². The van der Waals surface area contributed by atoms with E-state index >= 15 is 0 Å². The minimum Gasteiger partial charge on any atom is -0.487 e. The van der Waals surface area contributed by atoms with Crippen LogP contribution in [0.1, 0.15) is 18.9 Å². The standard InChI is InChI=1S/C11H13FO3/c1-7-3-4-9(12)10(5-7)15-8(2)6-11(13)14/h3-5,8H,6H2,1-2H3,(H,13,14)/t8-/m1/s1. The molecule has 0 spiro atoms. The predicted octanol–water partition coefficient (Wildman–Crippen LogP) is 2.38. The number of ether oxygens (including phenoxy) is 1. The van der Waals surface area contributed by atoms with Crippen LogP contribution in [0.15, 0.2) is 18.2 Å². The van der Waals surface area contributed by atoms with Gasteiger partial charge in [-0.15, -0.1) is 0 Å².